The first kappa shape index (κ1) is 14.1. The topological polar surface area (TPSA) is 59.1 Å². The molecular weight excluding hydrogens is 240 g/mol. The summed E-state index contributed by atoms with van der Waals surface area (Å²) in [6, 6.07) is 1.96. The van der Waals surface area contributed by atoms with Crippen molar-refractivity contribution >= 4 is 11.6 Å². The number of hydrogen-bond donors (Lipinski definition) is 2. The Bertz CT molecular complexity index is 393. The molecule has 5 heteroatoms. The molecule has 1 fully saturated rings. The van der Waals surface area contributed by atoms with Crippen LogP contribution in [-0.2, 0) is 11.3 Å². The Morgan fingerprint density at radius 1 is 1.21 bits per heavy atom. The molecule has 0 unspecified atom stereocenters. The van der Waals surface area contributed by atoms with Crippen molar-refractivity contribution < 1.29 is 4.74 Å². The minimum absolute atomic E-state index is 0.465. The highest BCUT2D eigenvalue weighted by Gasteiger charge is 2.20. The van der Waals surface area contributed by atoms with Gasteiger partial charge in [0, 0.05) is 25.8 Å². The van der Waals surface area contributed by atoms with E-state index in [0.29, 0.717) is 13.2 Å². The van der Waals surface area contributed by atoms with Gasteiger partial charge in [-0.15, -0.1) is 0 Å². The Labute approximate surface area is 115 Å². The molecular formula is C14H24N4O. The van der Waals surface area contributed by atoms with Crippen LogP contribution in [0.15, 0.2) is 6.07 Å². The number of aromatic nitrogens is 2. The lowest BCUT2D eigenvalue weighted by atomic mass is 10.3. The number of nitrogens with one attached hydrogen (secondary N) is 2. The molecule has 5 nitrogen and oxygen atoms in total. The van der Waals surface area contributed by atoms with E-state index in [9.17, 15) is 0 Å². The molecule has 2 rings (SSSR count). The Morgan fingerprint density at radius 3 is 2.58 bits per heavy atom. The van der Waals surface area contributed by atoms with E-state index in [4.69, 9.17) is 4.74 Å². The summed E-state index contributed by atoms with van der Waals surface area (Å²) < 4.78 is 5.38. The van der Waals surface area contributed by atoms with Crippen LogP contribution in [0.25, 0.3) is 0 Å². The molecule has 0 bridgehead atoms. The summed E-state index contributed by atoms with van der Waals surface area (Å²) in [7, 11) is 0. The predicted molar refractivity (Wildman–Crippen MR) is 77.4 cm³/mol. The fraction of sp³-hybridized carbons (Fsp3) is 0.714. The summed E-state index contributed by atoms with van der Waals surface area (Å²) in [5.74, 6) is 3.42. The van der Waals surface area contributed by atoms with Crippen molar-refractivity contribution in [3.8, 4) is 0 Å². The molecule has 0 amide bonds. The van der Waals surface area contributed by atoms with Crippen LogP contribution in [-0.4, -0.2) is 29.7 Å². The molecule has 1 aromatic rings. The van der Waals surface area contributed by atoms with Crippen molar-refractivity contribution in [2.45, 2.75) is 39.7 Å². The van der Waals surface area contributed by atoms with Gasteiger partial charge in [0.25, 0.3) is 0 Å². The second-order valence-corrected chi connectivity index (χ2v) is 4.88. The number of hydrogen-bond acceptors (Lipinski definition) is 5. The van der Waals surface area contributed by atoms with Crippen LogP contribution >= 0.6 is 0 Å². The van der Waals surface area contributed by atoms with Crippen LogP contribution in [0.5, 0.6) is 0 Å². The zero-order valence-corrected chi connectivity index (χ0v) is 11.9. The maximum atomic E-state index is 5.38. The van der Waals surface area contributed by atoms with Gasteiger partial charge >= 0.3 is 0 Å². The van der Waals surface area contributed by atoms with Gasteiger partial charge in [-0.3, -0.25) is 0 Å². The van der Waals surface area contributed by atoms with Crippen LogP contribution < -0.4 is 10.6 Å². The molecule has 19 heavy (non-hydrogen) atoms. The maximum absolute atomic E-state index is 5.38. The molecule has 0 saturated heterocycles. The van der Waals surface area contributed by atoms with Crippen molar-refractivity contribution in [3.63, 3.8) is 0 Å². The van der Waals surface area contributed by atoms with Gasteiger partial charge in [0.05, 0.1) is 0 Å². The average molecular weight is 264 g/mol. The third-order valence-electron chi connectivity index (χ3n) is 3.12. The first-order chi connectivity index (χ1) is 9.31. The molecule has 1 heterocycles. The van der Waals surface area contributed by atoms with Gasteiger partial charge in [0.15, 0.2) is 5.82 Å². The van der Waals surface area contributed by atoms with Crippen LogP contribution in [0.4, 0.5) is 11.6 Å². The first-order valence-corrected chi connectivity index (χ1v) is 7.25. The van der Waals surface area contributed by atoms with Crippen LogP contribution in [0.3, 0.4) is 0 Å². The minimum Gasteiger partial charge on any atom is -0.374 e. The maximum Gasteiger partial charge on any atom is 0.158 e. The Balaban J connectivity index is 1.94. The molecule has 0 spiro atoms. The monoisotopic (exact) mass is 264 g/mol. The van der Waals surface area contributed by atoms with E-state index in [-0.39, 0.29) is 0 Å². The molecule has 1 aliphatic carbocycles. The molecule has 0 radical (unpaired) electrons. The van der Waals surface area contributed by atoms with E-state index >= 15 is 0 Å². The molecule has 0 aromatic carbocycles. The summed E-state index contributed by atoms with van der Waals surface area (Å²) in [4.78, 5) is 8.91. The van der Waals surface area contributed by atoms with Crippen molar-refractivity contribution in [1.82, 2.24) is 9.97 Å². The summed E-state index contributed by atoms with van der Waals surface area (Å²) in [6.07, 6.45) is 4.02. The third-order valence-corrected chi connectivity index (χ3v) is 3.12. The lowest BCUT2D eigenvalue weighted by molar-refractivity contribution is 0.128. The van der Waals surface area contributed by atoms with Gasteiger partial charge in [-0.05, 0) is 26.2 Å². The van der Waals surface area contributed by atoms with Crippen molar-refractivity contribution in [2.24, 2.45) is 5.92 Å². The second-order valence-electron chi connectivity index (χ2n) is 4.88. The number of anilines is 2. The quantitative estimate of drug-likeness (QED) is 0.718. The Hall–Kier alpha value is -1.36. The largest absolute Gasteiger partial charge is 0.374 e. The van der Waals surface area contributed by atoms with E-state index in [1.807, 2.05) is 13.0 Å². The lowest BCUT2D eigenvalue weighted by Crippen LogP contribution is -2.10. The summed E-state index contributed by atoms with van der Waals surface area (Å²) in [5.41, 5.74) is 0. The van der Waals surface area contributed by atoms with E-state index < -0.39 is 0 Å². The highest BCUT2D eigenvalue weighted by atomic mass is 16.5. The van der Waals surface area contributed by atoms with E-state index in [1.54, 1.807) is 0 Å². The number of nitrogens with zero attached hydrogens (tertiary/aromatic N) is 2. The predicted octanol–water partition coefficient (Wildman–Crippen LogP) is 2.66. The Kier molecular flexibility index (Phi) is 5.39. The van der Waals surface area contributed by atoms with Gasteiger partial charge in [-0.1, -0.05) is 12.8 Å². The molecule has 0 aliphatic heterocycles. The molecule has 1 saturated carbocycles. The zero-order chi connectivity index (χ0) is 13.5. The van der Waals surface area contributed by atoms with E-state index in [1.165, 1.54) is 19.3 Å². The van der Waals surface area contributed by atoms with E-state index in [0.717, 1.165) is 36.5 Å². The summed E-state index contributed by atoms with van der Waals surface area (Å²) in [6.45, 7) is 7.02. The smallest absolute Gasteiger partial charge is 0.158 e. The highest BCUT2D eigenvalue weighted by molar-refractivity contribution is 5.47. The normalized spacial score (nSPS) is 14.4. The average Bonchev–Trinajstić information content (AvgIpc) is 3.21. The standard InChI is InChI=1S/C14H24N4O/c1-3-15-12-9-13(16-8-7-11-5-6-11)18-14(17-12)10-19-4-2/h9,11H,3-8,10H2,1-2H3,(H2,15,16,17,18). The fourth-order valence-electron chi connectivity index (χ4n) is 1.93. The fourth-order valence-corrected chi connectivity index (χ4v) is 1.93. The molecule has 2 N–H and O–H groups in total. The van der Waals surface area contributed by atoms with Crippen LogP contribution in [0.1, 0.15) is 38.9 Å². The first-order valence-electron chi connectivity index (χ1n) is 7.25. The van der Waals surface area contributed by atoms with Crippen LogP contribution in [0, 0.1) is 5.92 Å². The summed E-state index contributed by atoms with van der Waals surface area (Å²) >= 11 is 0. The zero-order valence-electron chi connectivity index (χ0n) is 11.9. The van der Waals surface area contributed by atoms with Crippen molar-refractivity contribution in [2.75, 3.05) is 30.3 Å². The second kappa shape index (κ2) is 7.28. The van der Waals surface area contributed by atoms with Crippen LogP contribution in [0.2, 0.25) is 0 Å². The Morgan fingerprint density at radius 2 is 1.95 bits per heavy atom. The minimum atomic E-state index is 0.465. The van der Waals surface area contributed by atoms with E-state index in [2.05, 4.69) is 27.5 Å². The SMILES string of the molecule is CCNc1cc(NCCC2CC2)nc(COCC)n1. The number of ether oxygens (including phenoxy) is 1. The third kappa shape index (κ3) is 5.03. The number of rotatable bonds is 9. The highest BCUT2D eigenvalue weighted by Crippen LogP contribution is 2.32. The van der Waals surface area contributed by atoms with Gasteiger partial charge < -0.3 is 15.4 Å². The molecule has 0 atom stereocenters. The van der Waals surface area contributed by atoms with Gasteiger partial charge in [-0.25, -0.2) is 9.97 Å². The van der Waals surface area contributed by atoms with Crippen molar-refractivity contribution in [3.05, 3.63) is 11.9 Å². The molecule has 106 valence electrons. The van der Waals surface area contributed by atoms with Gasteiger partial charge in [0.2, 0.25) is 0 Å². The van der Waals surface area contributed by atoms with Crippen molar-refractivity contribution in [1.29, 1.82) is 0 Å². The molecule has 1 aromatic heterocycles. The van der Waals surface area contributed by atoms with Gasteiger partial charge in [0.1, 0.15) is 18.2 Å². The van der Waals surface area contributed by atoms with Gasteiger partial charge in [-0.2, -0.15) is 0 Å². The molecule has 1 aliphatic rings. The lowest BCUT2D eigenvalue weighted by Gasteiger charge is -2.10. The summed E-state index contributed by atoms with van der Waals surface area (Å²) in [5, 5.41) is 6.61.